The van der Waals surface area contributed by atoms with Gasteiger partial charge in [0.05, 0.1) is 6.10 Å². The third-order valence-corrected chi connectivity index (χ3v) is 11.2. The maximum atomic E-state index is 11.8. The highest BCUT2D eigenvalue weighted by molar-refractivity contribution is 5.13. The van der Waals surface area contributed by atoms with E-state index in [4.69, 9.17) is 0 Å². The Kier molecular flexibility index (Phi) is 5.74. The minimum Gasteiger partial charge on any atom is -0.393 e. The summed E-state index contributed by atoms with van der Waals surface area (Å²) in [6.07, 6.45) is 13.7. The van der Waals surface area contributed by atoms with Crippen molar-refractivity contribution in [2.45, 2.75) is 112 Å². The molecule has 0 aliphatic heterocycles. The molecular formula is C27H48O. The van der Waals surface area contributed by atoms with E-state index < -0.39 is 0 Å². The summed E-state index contributed by atoms with van der Waals surface area (Å²) in [4.78, 5) is 0. The molecule has 1 nitrogen and oxygen atoms in total. The summed E-state index contributed by atoms with van der Waals surface area (Å²) in [6, 6.07) is 0. The van der Waals surface area contributed by atoms with Gasteiger partial charge in [0, 0.05) is 0 Å². The molecule has 4 aliphatic rings. The van der Waals surface area contributed by atoms with Crippen LogP contribution in [-0.2, 0) is 0 Å². The van der Waals surface area contributed by atoms with Gasteiger partial charge in [-0.05, 0) is 96.7 Å². The zero-order chi connectivity index (χ0) is 20.3. The average Bonchev–Trinajstić information content (AvgIpc) is 3.01. The first-order chi connectivity index (χ1) is 13.3. The van der Waals surface area contributed by atoms with E-state index in [9.17, 15) is 5.11 Å². The van der Waals surface area contributed by atoms with Crippen molar-refractivity contribution in [3.63, 3.8) is 0 Å². The number of hydrogen-bond donors (Lipinski definition) is 1. The lowest BCUT2D eigenvalue weighted by Gasteiger charge is -2.65. The number of fused-ring (bicyclic) bond motifs is 5. The predicted octanol–water partition coefficient (Wildman–Crippen LogP) is 7.32. The molecule has 4 aliphatic carbocycles. The highest BCUT2D eigenvalue weighted by Gasteiger charge is 2.64. The van der Waals surface area contributed by atoms with Crippen molar-refractivity contribution >= 4 is 0 Å². The molecule has 3 unspecified atom stereocenters. The molecule has 4 rings (SSSR count). The molecule has 0 saturated heterocycles. The van der Waals surface area contributed by atoms with Crippen LogP contribution in [0.2, 0.25) is 0 Å². The maximum absolute atomic E-state index is 11.8. The minimum atomic E-state index is -0.0387. The Morgan fingerprint density at radius 3 is 2.29 bits per heavy atom. The van der Waals surface area contributed by atoms with Gasteiger partial charge in [-0.25, -0.2) is 0 Å². The van der Waals surface area contributed by atoms with E-state index in [1.807, 2.05) is 0 Å². The second kappa shape index (κ2) is 7.58. The van der Waals surface area contributed by atoms with Crippen molar-refractivity contribution in [3.05, 3.63) is 0 Å². The lowest BCUT2D eigenvalue weighted by atomic mass is 9.41. The molecule has 1 N–H and O–H groups in total. The summed E-state index contributed by atoms with van der Waals surface area (Å²) >= 11 is 0. The fourth-order valence-electron chi connectivity index (χ4n) is 9.81. The second-order valence-corrected chi connectivity index (χ2v) is 12.3. The van der Waals surface area contributed by atoms with Crippen LogP contribution < -0.4 is 0 Å². The highest BCUT2D eigenvalue weighted by atomic mass is 16.3. The molecule has 0 aromatic rings. The van der Waals surface area contributed by atoms with Crippen LogP contribution in [0.4, 0.5) is 0 Å². The van der Waals surface area contributed by atoms with Crippen LogP contribution in [0.15, 0.2) is 0 Å². The Hall–Kier alpha value is -0.0400. The van der Waals surface area contributed by atoms with E-state index in [0.29, 0.717) is 22.7 Å². The monoisotopic (exact) mass is 388 g/mol. The molecule has 0 bridgehead atoms. The van der Waals surface area contributed by atoms with Gasteiger partial charge in [0.25, 0.3) is 0 Å². The molecule has 11 atom stereocenters. The molecule has 1 heteroatoms. The standard InChI is InChI=1S/C27H48O/c1-7-9-18(4)20-10-11-21-24-22(13-15-26(20,21)5)27(6)14-12-17(3)16-23(27)19(8-2)25(24)28/h17-25,28H,7-16H2,1-6H3/t17-,18-,19-,20-,21?,22?,23+,24?,25-,26-,27-/m1/s1. The molecular weight excluding hydrogens is 340 g/mol. The lowest BCUT2D eigenvalue weighted by Crippen LogP contribution is -2.61. The summed E-state index contributed by atoms with van der Waals surface area (Å²) in [5.41, 5.74) is 0.978. The zero-order valence-electron chi connectivity index (χ0n) is 19.7. The molecule has 162 valence electrons. The summed E-state index contributed by atoms with van der Waals surface area (Å²) < 4.78 is 0. The molecule has 0 aromatic heterocycles. The van der Waals surface area contributed by atoms with Gasteiger partial charge in [-0.15, -0.1) is 0 Å². The van der Waals surface area contributed by atoms with Crippen LogP contribution in [0.5, 0.6) is 0 Å². The quantitative estimate of drug-likeness (QED) is 0.534. The van der Waals surface area contributed by atoms with E-state index in [1.165, 1.54) is 64.2 Å². The van der Waals surface area contributed by atoms with Crippen LogP contribution in [0.1, 0.15) is 106 Å². The van der Waals surface area contributed by atoms with Crippen molar-refractivity contribution in [2.24, 2.45) is 58.2 Å². The number of hydrogen-bond acceptors (Lipinski definition) is 1. The first-order valence-corrected chi connectivity index (χ1v) is 13.0. The smallest absolute Gasteiger partial charge is 0.0605 e. The Bertz CT molecular complexity index is 556. The van der Waals surface area contributed by atoms with Crippen molar-refractivity contribution in [3.8, 4) is 0 Å². The lowest BCUT2D eigenvalue weighted by molar-refractivity contribution is -0.198. The van der Waals surface area contributed by atoms with Crippen LogP contribution in [-0.4, -0.2) is 11.2 Å². The molecule has 0 radical (unpaired) electrons. The van der Waals surface area contributed by atoms with E-state index in [1.54, 1.807) is 0 Å². The van der Waals surface area contributed by atoms with Crippen LogP contribution in [0, 0.1) is 58.2 Å². The van der Waals surface area contributed by atoms with Crippen molar-refractivity contribution in [1.29, 1.82) is 0 Å². The van der Waals surface area contributed by atoms with Gasteiger partial charge in [-0.1, -0.05) is 67.2 Å². The second-order valence-electron chi connectivity index (χ2n) is 12.3. The van der Waals surface area contributed by atoms with Crippen molar-refractivity contribution < 1.29 is 5.11 Å². The fourth-order valence-corrected chi connectivity index (χ4v) is 9.81. The largest absolute Gasteiger partial charge is 0.393 e. The summed E-state index contributed by atoms with van der Waals surface area (Å²) in [5.74, 6) is 6.05. The number of aliphatic hydroxyl groups excluding tert-OH is 1. The molecule has 4 saturated carbocycles. The van der Waals surface area contributed by atoms with Crippen LogP contribution >= 0.6 is 0 Å². The molecule has 0 heterocycles. The number of rotatable bonds is 4. The molecule has 28 heavy (non-hydrogen) atoms. The van der Waals surface area contributed by atoms with Crippen molar-refractivity contribution in [2.75, 3.05) is 0 Å². The van der Waals surface area contributed by atoms with E-state index >= 15 is 0 Å². The zero-order valence-corrected chi connectivity index (χ0v) is 19.7. The topological polar surface area (TPSA) is 20.2 Å². The first-order valence-electron chi connectivity index (χ1n) is 13.0. The molecule has 0 spiro atoms. The molecule has 0 aromatic carbocycles. The Morgan fingerprint density at radius 1 is 0.929 bits per heavy atom. The molecule has 0 amide bonds. The third-order valence-electron chi connectivity index (χ3n) is 11.2. The van der Waals surface area contributed by atoms with Gasteiger partial charge < -0.3 is 5.11 Å². The third kappa shape index (κ3) is 2.96. The SMILES string of the molecule is CCC[C@@H](C)[C@H]1CCC2C3C(CC[C@@]21C)[C@@]1(C)CC[C@@H](C)C[C@H]1[C@@H](CC)[C@H]3O. The van der Waals surface area contributed by atoms with Crippen LogP contribution in [0.25, 0.3) is 0 Å². The number of aliphatic hydroxyl groups is 1. The fraction of sp³-hybridized carbons (Fsp3) is 1.00. The summed E-state index contributed by atoms with van der Waals surface area (Å²) in [6.45, 7) is 15.0. The van der Waals surface area contributed by atoms with Gasteiger partial charge in [-0.3, -0.25) is 0 Å². The van der Waals surface area contributed by atoms with Gasteiger partial charge in [-0.2, -0.15) is 0 Å². The first kappa shape index (κ1) is 21.2. The maximum Gasteiger partial charge on any atom is 0.0605 e. The highest BCUT2D eigenvalue weighted by Crippen LogP contribution is 2.69. The van der Waals surface area contributed by atoms with Gasteiger partial charge in [0.1, 0.15) is 0 Å². The average molecular weight is 389 g/mol. The van der Waals surface area contributed by atoms with Crippen LogP contribution in [0.3, 0.4) is 0 Å². The van der Waals surface area contributed by atoms with E-state index in [2.05, 4.69) is 41.5 Å². The molecule has 4 fully saturated rings. The Labute approximate surface area is 175 Å². The summed E-state index contributed by atoms with van der Waals surface area (Å²) in [7, 11) is 0. The predicted molar refractivity (Wildman–Crippen MR) is 119 cm³/mol. The minimum absolute atomic E-state index is 0.0387. The summed E-state index contributed by atoms with van der Waals surface area (Å²) in [5, 5.41) is 11.8. The van der Waals surface area contributed by atoms with Gasteiger partial charge in [0.2, 0.25) is 0 Å². The van der Waals surface area contributed by atoms with Gasteiger partial charge in [0.15, 0.2) is 0 Å². The Balaban J connectivity index is 1.67. The normalized spacial score (nSPS) is 54.5. The van der Waals surface area contributed by atoms with Gasteiger partial charge >= 0.3 is 0 Å². The Morgan fingerprint density at radius 2 is 1.61 bits per heavy atom. The van der Waals surface area contributed by atoms with E-state index in [-0.39, 0.29) is 6.10 Å². The van der Waals surface area contributed by atoms with E-state index in [0.717, 1.165) is 35.5 Å². The van der Waals surface area contributed by atoms with Crippen molar-refractivity contribution in [1.82, 2.24) is 0 Å².